The second-order valence-corrected chi connectivity index (χ2v) is 4.96. The molecule has 0 unspecified atom stereocenters. The molecule has 0 aromatic carbocycles. The van der Waals surface area contributed by atoms with Crippen LogP contribution in [0.3, 0.4) is 0 Å². The van der Waals surface area contributed by atoms with Crippen LogP contribution in [-0.4, -0.2) is 32.6 Å². The van der Waals surface area contributed by atoms with Crippen molar-refractivity contribution < 1.29 is 9.53 Å². The fraction of sp³-hybridized carbons (Fsp3) is 0.0667. The smallest absolute Gasteiger partial charge is 0.358 e. The monoisotopic (exact) mass is 329 g/mol. The molecule has 0 radical (unpaired) electrons. The van der Waals surface area contributed by atoms with E-state index in [0.29, 0.717) is 22.5 Å². The molecule has 23 heavy (non-hydrogen) atoms. The molecule has 1 N–H and O–H groups in total. The molecule has 8 heteroatoms. The Kier molecular flexibility index (Phi) is 4.20. The van der Waals surface area contributed by atoms with Crippen LogP contribution in [0.1, 0.15) is 10.5 Å². The molecular formula is C15H12ClN5O2. The van der Waals surface area contributed by atoms with Crippen molar-refractivity contribution in [1.29, 1.82) is 0 Å². The lowest BCUT2D eigenvalue weighted by atomic mass is 10.4. The third-order valence-corrected chi connectivity index (χ3v) is 3.19. The van der Waals surface area contributed by atoms with Crippen molar-refractivity contribution in [3.63, 3.8) is 0 Å². The first-order valence-corrected chi connectivity index (χ1v) is 7.02. The summed E-state index contributed by atoms with van der Waals surface area (Å²) in [5, 5.41) is 3.64. The highest BCUT2D eigenvalue weighted by molar-refractivity contribution is 6.30. The summed E-state index contributed by atoms with van der Waals surface area (Å²) < 4.78 is 6.26. The molecule has 0 saturated carbocycles. The van der Waals surface area contributed by atoms with Crippen LogP contribution in [0, 0.1) is 0 Å². The average molecular weight is 330 g/mol. The van der Waals surface area contributed by atoms with E-state index in [1.54, 1.807) is 41.2 Å². The molecule has 0 aliphatic carbocycles. The summed E-state index contributed by atoms with van der Waals surface area (Å²) in [7, 11) is 1.31. The van der Waals surface area contributed by atoms with Crippen LogP contribution in [0.4, 0.5) is 11.6 Å². The van der Waals surface area contributed by atoms with Gasteiger partial charge >= 0.3 is 5.97 Å². The fourth-order valence-corrected chi connectivity index (χ4v) is 2.06. The van der Waals surface area contributed by atoms with E-state index in [-0.39, 0.29) is 5.69 Å². The molecule has 3 rings (SSSR count). The molecular weight excluding hydrogens is 318 g/mol. The Morgan fingerprint density at radius 2 is 2.13 bits per heavy atom. The number of halogens is 1. The first-order valence-electron chi connectivity index (χ1n) is 6.64. The Hall–Kier alpha value is -2.93. The summed E-state index contributed by atoms with van der Waals surface area (Å²) in [6, 6.07) is 8.80. The number of hydrogen-bond acceptors (Lipinski definition) is 6. The van der Waals surface area contributed by atoms with E-state index in [2.05, 4.69) is 25.0 Å². The number of ether oxygens (including phenoxy) is 1. The SMILES string of the molecule is COC(=O)c1cn(-c2cccc(Nc3cc(Cl)ccn3)n2)cn1. The van der Waals surface area contributed by atoms with Crippen molar-refractivity contribution in [3.05, 3.63) is 59.8 Å². The lowest BCUT2D eigenvalue weighted by Crippen LogP contribution is -2.02. The van der Waals surface area contributed by atoms with Gasteiger partial charge in [0.05, 0.1) is 7.11 Å². The third kappa shape index (κ3) is 3.46. The molecule has 0 saturated heterocycles. The quantitative estimate of drug-likeness (QED) is 0.741. The number of carbonyl (C=O) groups excluding carboxylic acids is 1. The minimum atomic E-state index is -0.499. The normalized spacial score (nSPS) is 10.3. The maximum atomic E-state index is 11.4. The Balaban J connectivity index is 1.85. The molecule has 7 nitrogen and oxygen atoms in total. The van der Waals surface area contributed by atoms with E-state index < -0.39 is 5.97 Å². The zero-order valence-electron chi connectivity index (χ0n) is 12.1. The Bertz CT molecular complexity index is 849. The highest BCUT2D eigenvalue weighted by atomic mass is 35.5. The molecule has 0 bridgehead atoms. The standard InChI is InChI=1S/C15H12ClN5O2/c1-23-15(22)11-8-21(9-18-11)14-4-2-3-12(20-14)19-13-7-10(16)5-6-17-13/h2-9H,1H3,(H,17,19,20). The van der Waals surface area contributed by atoms with Crippen molar-refractivity contribution >= 4 is 29.2 Å². The van der Waals surface area contributed by atoms with E-state index >= 15 is 0 Å². The predicted molar refractivity (Wildman–Crippen MR) is 85.2 cm³/mol. The molecule has 3 heterocycles. The fourth-order valence-electron chi connectivity index (χ4n) is 1.90. The number of hydrogen-bond donors (Lipinski definition) is 1. The van der Waals surface area contributed by atoms with E-state index in [4.69, 9.17) is 11.6 Å². The second-order valence-electron chi connectivity index (χ2n) is 4.52. The van der Waals surface area contributed by atoms with E-state index in [0.717, 1.165) is 0 Å². The number of carbonyl (C=O) groups is 1. The predicted octanol–water partition coefficient (Wildman–Crippen LogP) is 2.85. The van der Waals surface area contributed by atoms with Gasteiger partial charge in [-0.3, -0.25) is 4.57 Å². The van der Waals surface area contributed by atoms with Gasteiger partial charge < -0.3 is 10.1 Å². The van der Waals surface area contributed by atoms with E-state index in [1.807, 2.05) is 6.07 Å². The highest BCUT2D eigenvalue weighted by Gasteiger charge is 2.10. The average Bonchev–Trinajstić information content (AvgIpc) is 3.04. The van der Waals surface area contributed by atoms with Gasteiger partial charge in [0.2, 0.25) is 0 Å². The number of nitrogens with zero attached hydrogens (tertiary/aromatic N) is 4. The summed E-state index contributed by atoms with van der Waals surface area (Å²) >= 11 is 5.93. The number of methoxy groups -OCH3 is 1. The van der Waals surface area contributed by atoms with Gasteiger partial charge in [-0.05, 0) is 24.3 Å². The van der Waals surface area contributed by atoms with Crippen LogP contribution in [0.25, 0.3) is 5.82 Å². The summed E-state index contributed by atoms with van der Waals surface area (Å²) in [4.78, 5) is 24.0. The summed E-state index contributed by atoms with van der Waals surface area (Å²) in [5.74, 6) is 1.27. The van der Waals surface area contributed by atoms with Crippen LogP contribution in [0.2, 0.25) is 5.02 Å². The van der Waals surface area contributed by atoms with Crippen LogP contribution < -0.4 is 5.32 Å². The third-order valence-electron chi connectivity index (χ3n) is 2.95. The maximum absolute atomic E-state index is 11.4. The van der Waals surface area contributed by atoms with E-state index in [9.17, 15) is 4.79 Å². The van der Waals surface area contributed by atoms with Gasteiger partial charge in [-0.25, -0.2) is 19.7 Å². The van der Waals surface area contributed by atoms with Crippen molar-refractivity contribution in [1.82, 2.24) is 19.5 Å². The number of aromatic nitrogens is 4. The van der Waals surface area contributed by atoms with Crippen molar-refractivity contribution in [3.8, 4) is 5.82 Å². The number of rotatable bonds is 4. The Labute approximate surface area is 136 Å². The van der Waals surface area contributed by atoms with Crippen LogP contribution in [-0.2, 0) is 4.74 Å². The molecule has 0 spiro atoms. The molecule has 0 fully saturated rings. The summed E-state index contributed by atoms with van der Waals surface area (Å²) in [6.45, 7) is 0. The Morgan fingerprint density at radius 3 is 2.91 bits per heavy atom. The lowest BCUT2D eigenvalue weighted by Gasteiger charge is -2.07. The van der Waals surface area contributed by atoms with Gasteiger partial charge in [0, 0.05) is 17.4 Å². The lowest BCUT2D eigenvalue weighted by molar-refractivity contribution is 0.0594. The highest BCUT2D eigenvalue weighted by Crippen LogP contribution is 2.17. The summed E-state index contributed by atoms with van der Waals surface area (Å²) in [6.07, 6.45) is 4.65. The van der Waals surface area contributed by atoms with Crippen molar-refractivity contribution in [2.24, 2.45) is 0 Å². The zero-order chi connectivity index (χ0) is 16.2. The van der Waals surface area contributed by atoms with Crippen LogP contribution in [0.5, 0.6) is 0 Å². The van der Waals surface area contributed by atoms with Gasteiger partial charge in [-0.15, -0.1) is 0 Å². The zero-order valence-corrected chi connectivity index (χ0v) is 12.9. The Morgan fingerprint density at radius 1 is 1.26 bits per heavy atom. The minimum absolute atomic E-state index is 0.212. The molecule has 116 valence electrons. The topological polar surface area (TPSA) is 81.9 Å². The molecule has 0 aliphatic rings. The largest absolute Gasteiger partial charge is 0.464 e. The minimum Gasteiger partial charge on any atom is -0.464 e. The molecule has 3 aromatic heterocycles. The molecule has 0 atom stereocenters. The van der Waals surface area contributed by atoms with Gasteiger partial charge in [0.15, 0.2) is 5.69 Å². The number of anilines is 2. The molecule has 0 aliphatic heterocycles. The van der Waals surface area contributed by atoms with Crippen molar-refractivity contribution in [2.45, 2.75) is 0 Å². The second kappa shape index (κ2) is 6.45. The molecule has 3 aromatic rings. The number of pyridine rings is 2. The number of imidazole rings is 1. The summed E-state index contributed by atoms with van der Waals surface area (Å²) in [5.41, 5.74) is 0.212. The molecule has 0 amide bonds. The first kappa shape index (κ1) is 15.0. The maximum Gasteiger partial charge on any atom is 0.358 e. The number of nitrogens with one attached hydrogen (secondary N) is 1. The first-order chi connectivity index (χ1) is 11.2. The van der Waals surface area contributed by atoms with Crippen LogP contribution in [0.15, 0.2) is 49.1 Å². The van der Waals surface area contributed by atoms with Crippen molar-refractivity contribution in [2.75, 3.05) is 12.4 Å². The van der Waals surface area contributed by atoms with Gasteiger partial charge in [-0.2, -0.15) is 0 Å². The van der Waals surface area contributed by atoms with Gasteiger partial charge in [0.1, 0.15) is 23.8 Å². The van der Waals surface area contributed by atoms with Crippen LogP contribution >= 0.6 is 11.6 Å². The number of esters is 1. The van der Waals surface area contributed by atoms with Gasteiger partial charge in [0.25, 0.3) is 0 Å². The van der Waals surface area contributed by atoms with E-state index in [1.165, 1.54) is 13.4 Å². The van der Waals surface area contributed by atoms with Gasteiger partial charge in [-0.1, -0.05) is 17.7 Å².